The molecule has 1 aliphatic rings. The maximum atomic E-state index is 9.43. The quantitative estimate of drug-likeness (QED) is 0.670. The molecule has 0 fully saturated rings. The van der Waals surface area contributed by atoms with Crippen LogP contribution in [0, 0.1) is 0 Å². The molecule has 1 aliphatic heterocycles. The number of hydrogen-bond acceptors (Lipinski definition) is 3. The molecular formula is C11H13NO2. The summed E-state index contributed by atoms with van der Waals surface area (Å²) >= 11 is 0. The van der Waals surface area contributed by atoms with Crippen LogP contribution in [0.25, 0.3) is 0 Å². The number of rotatable bonds is 0. The molecule has 0 aromatic heterocycles. The van der Waals surface area contributed by atoms with Gasteiger partial charge in [-0.3, -0.25) is 4.99 Å². The number of nitrogens with zero attached hydrogens (tertiary/aromatic N) is 1. The van der Waals surface area contributed by atoms with Gasteiger partial charge in [-0.05, 0) is 19.1 Å². The van der Waals surface area contributed by atoms with Gasteiger partial charge in [0.05, 0.1) is 6.54 Å². The molecule has 1 N–H and O–H groups in total. The molecule has 0 saturated heterocycles. The van der Waals surface area contributed by atoms with Crippen molar-refractivity contribution in [2.24, 2.45) is 4.99 Å². The minimum atomic E-state index is -0.502. The molecule has 2 rings (SSSR count). The first-order valence-corrected chi connectivity index (χ1v) is 4.68. The van der Waals surface area contributed by atoms with Gasteiger partial charge < -0.3 is 9.84 Å². The van der Waals surface area contributed by atoms with E-state index in [0.29, 0.717) is 13.2 Å². The number of aliphatic hydroxyl groups is 1. The second-order valence-corrected chi connectivity index (χ2v) is 3.39. The van der Waals surface area contributed by atoms with Crippen LogP contribution in [0.3, 0.4) is 0 Å². The average molecular weight is 191 g/mol. The van der Waals surface area contributed by atoms with Crippen molar-refractivity contribution in [1.29, 1.82) is 0 Å². The van der Waals surface area contributed by atoms with Crippen LogP contribution in [-0.4, -0.2) is 30.1 Å². The van der Waals surface area contributed by atoms with Crippen molar-refractivity contribution in [3.8, 4) is 5.75 Å². The van der Waals surface area contributed by atoms with E-state index in [1.165, 1.54) is 0 Å². The number of aliphatic hydroxyl groups excluding tert-OH is 1. The summed E-state index contributed by atoms with van der Waals surface area (Å²) in [5.74, 6) is 0.799. The van der Waals surface area contributed by atoms with Crippen LogP contribution in [0.15, 0.2) is 29.3 Å². The van der Waals surface area contributed by atoms with Gasteiger partial charge in [0.1, 0.15) is 18.5 Å². The van der Waals surface area contributed by atoms with Gasteiger partial charge in [0.25, 0.3) is 0 Å². The minimum Gasteiger partial charge on any atom is -0.490 e. The van der Waals surface area contributed by atoms with Crippen molar-refractivity contribution < 1.29 is 9.84 Å². The Morgan fingerprint density at radius 2 is 2.21 bits per heavy atom. The van der Waals surface area contributed by atoms with Crippen LogP contribution in [0.2, 0.25) is 0 Å². The van der Waals surface area contributed by atoms with E-state index in [4.69, 9.17) is 4.74 Å². The Morgan fingerprint density at radius 1 is 1.43 bits per heavy atom. The van der Waals surface area contributed by atoms with Crippen LogP contribution in [0.1, 0.15) is 12.5 Å². The molecule has 3 heteroatoms. The summed E-state index contributed by atoms with van der Waals surface area (Å²) in [6, 6.07) is 7.75. The molecule has 3 nitrogen and oxygen atoms in total. The number of hydrogen-bond donors (Lipinski definition) is 1. The van der Waals surface area contributed by atoms with E-state index >= 15 is 0 Å². The Hall–Kier alpha value is -1.35. The summed E-state index contributed by atoms with van der Waals surface area (Å²) in [5, 5.41) is 9.43. The van der Waals surface area contributed by atoms with Gasteiger partial charge in [-0.15, -0.1) is 0 Å². The monoisotopic (exact) mass is 191 g/mol. The molecule has 1 heterocycles. The molecule has 1 atom stereocenters. The highest BCUT2D eigenvalue weighted by Crippen LogP contribution is 2.20. The number of ether oxygens (including phenoxy) is 1. The van der Waals surface area contributed by atoms with Crippen LogP contribution in [-0.2, 0) is 0 Å². The first kappa shape index (κ1) is 9.21. The molecule has 14 heavy (non-hydrogen) atoms. The fourth-order valence-electron chi connectivity index (χ4n) is 1.46. The Labute approximate surface area is 83.1 Å². The smallest absolute Gasteiger partial charge is 0.128 e. The van der Waals surface area contributed by atoms with Gasteiger partial charge in [-0.25, -0.2) is 0 Å². The summed E-state index contributed by atoms with van der Waals surface area (Å²) < 4.78 is 5.48. The molecule has 0 aliphatic carbocycles. The largest absolute Gasteiger partial charge is 0.490 e. The van der Waals surface area contributed by atoms with Gasteiger partial charge in [0.15, 0.2) is 0 Å². The summed E-state index contributed by atoms with van der Waals surface area (Å²) in [6.07, 6.45) is -0.502. The van der Waals surface area contributed by atoms with Crippen LogP contribution < -0.4 is 4.74 Å². The number of benzene rings is 1. The van der Waals surface area contributed by atoms with E-state index in [0.717, 1.165) is 17.0 Å². The number of fused-ring (bicyclic) bond motifs is 1. The average Bonchev–Trinajstić information content (AvgIpc) is 2.21. The Morgan fingerprint density at radius 3 is 3.07 bits per heavy atom. The van der Waals surface area contributed by atoms with E-state index in [1.54, 1.807) is 0 Å². The predicted molar refractivity (Wildman–Crippen MR) is 55.0 cm³/mol. The zero-order valence-corrected chi connectivity index (χ0v) is 8.10. The van der Waals surface area contributed by atoms with Crippen molar-refractivity contribution in [1.82, 2.24) is 0 Å². The summed E-state index contributed by atoms with van der Waals surface area (Å²) in [6.45, 7) is 2.66. The number of aliphatic imine (C=N–C) groups is 1. The lowest BCUT2D eigenvalue weighted by atomic mass is 10.1. The molecule has 0 radical (unpaired) electrons. The summed E-state index contributed by atoms with van der Waals surface area (Å²) in [7, 11) is 0. The van der Waals surface area contributed by atoms with E-state index in [-0.39, 0.29) is 0 Å². The zero-order chi connectivity index (χ0) is 9.97. The molecule has 0 amide bonds. The van der Waals surface area contributed by atoms with E-state index in [9.17, 15) is 5.11 Å². The van der Waals surface area contributed by atoms with Crippen molar-refractivity contribution in [2.45, 2.75) is 13.0 Å². The normalized spacial score (nSPS) is 21.3. The summed E-state index contributed by atoms with van der Waals surface area (Å²) in [5.41, 5.74) is 1.93. The molecule has 0 bridgehead atoms. The molecule has 0 spiro atoms. The van der Waals surface area contributed by atoms with Crippen molar-refractivity contribution in [2.75, 3.05) is 13.2 Å². The first-order chi connectivity index (χ1) is 6.77. The van der Waals surface area contributed by atoms with E-state index in [1.807, 2.05) is 31.2 Å². The number of para-hydroxylation sites is 1. The lowest BCUT2D eigenvalue weighted by molar-refractivity contribution is 0.113. The lowest BCUT2D eigenvalue weighted by Crippen LogP contribution is -2.24. The maximum absolute atomic E-state index is 9.43. The van der Waals surface area contributed by atoms with Gasteiger partial charge >= 0.3 is 0 Å². The third kappa shape index (κ3) is 1.77. The SMILES string of the molecule is CC1=NCC(O)COc2ccccc21. The van der Waals surface area contributed by atoms with E-state index in [2.05, 4.69) is 4.99 Å². The first-order valence-electron chi connectivity index (χ1n) is 4.68. The summed E-state index contributed by atoms with van der Waals surface area (Å²) in [4.78, 5) is 4.29. The fourth-order valence-corrected chi connectivity index (χ4v) is 1.46. The Bertz CT molecular complexity index is 360. The second-order valence-electron chi connectivity index (χ2n) is 3.39. The molecule has 1 aromatic carbocycles. The van der Waals surface area contributed by atoms with Crippen molar-refractivity contribution in [3.63, 3.8) is 0 Å². The van der Waals surface area contributed by atoms with Gasteiger partial charge in [0, 0.05) is 11.3 Å². The van der Waals surface area contributed by atoms with E-state index < -0.39 is 6.10 Å². The van der Waals surface area contributed by atoms with Crippen LogP contribution in [0.4, 0.5) is 0 Å². The Kier molecular flexibility index (Phi) is 2.50. The van der Waals surface area contributed by atoms with Crippen LogP contribution >= 0.6 is 0 Å². The zero-order valence-electron chi connectivity index (χ0n) is 8.10. The topological polar surface area (TPSA) is 41.8 Å². The minimum absolute atomic E-state index is 0.313. The highest BCUT2D eigenvalue weighted by molar-refractivity contribution is 6.01. The highest BCUT2D eigenvalue weighted by atomic mass is 16.5. The fraction of sp³-hybridized carbons (Fsp3) is 0.364. The maximum Gasteiger partial charge on any atom is 0.128 e. The standard InChI is InChI=1S/C11H13NO2/c1-8-10-4-2-3-5-11(10)14-7-9(13)6-12-8/h2-5,9,13H,6-7H2,1H3. The van der Waals surface area contributed by atoms with Crippen LogP contribution in [0.5, 0.6) is 5.75 Å². The van der Waals surface area contributed by atoms with Crippen molar-refractivity contribution >= 4 is 5.71 Å². The predicted octanol–water partition coefficient (Wildman–Crippen LogP) is 1.25. The third-order valence-electron chi connectivity index (χ3n) is 2.25. The molecule has 1 aromatic rings. The molecule has 1 unspecified atom stereocenters. The molecule has 0 saturated carbocycles. The second kappa shape index (κ2) is 3.80. The van der Waals surface area contributed by atoms with Gasteiger partial charge in [0.2, 0.25) is 0 Å². The molecule has 74 valence electrons. The van der Waals surface area contributed by atoms with Gasteiger partial charge in [-0.2, -0.15) is 0 Å². The third-order valence-corrected chi connectivity index (χ3v) is 2.25. The molecular weight excluding hydrogens is 178 g/mol. The van der Waals surface area contributed by atoms with Gasteiger partial charge in [-0.1, -0.05) is 12.1 Å². The highest BCUT2D eigenvalue weighted by Gasteiger charge is 2.12. The van der Waals surface area contributed by atoms with Crippen molar-refractivity contribution in [3.05, 3.63) is 29.8 Å². The Balaban J connectivity index is 2.40. The lowest BCUT2D eigenvalue weighted by Gasteiger charge is -2.17.